The molecule has 0 bridgehead atoms. The van der Waals surface area contributed by atoms with E-state index in [9.17, 15) is 8.78 Å². The summed E-state index contributed by atoms with van der Waals surface area (Å²) in [5.74, 6) is 0.0871. The second-order valence-corrected chi connectivity index (χ2v) is 10.7. The molecule has 176 valence electrons. The van der Waals surface area contributed by atoms with Crippen molar-refractivity contribution in [3.63, 3.8) is 0 Å². The van der Waals surface area contributed by atoms with E-state index >= 15 is 0 Å². The van der Waals surface area contributed by atoms with Crippen LogP contribution in [0.3, 0.4) is 0 Å². The molecule has 0 N–H and O–H groups in total. The van der Waals surface area contributed by atoms with Gasteiger partial charge in [-0.2, -0.15) is 15.2 Å². The molecule has 0 radical (unpaired) electrons. The average molecular weight is 456 g/mol. The molecule has 6 nitrogen and oxygen atoms in total. The third-order valence-corrected chi connectivity index (χ3v) is 6.53. The molecule has 2 atom stereocenters. The summed E-state index contributed by atoms with van der Waals surface area (Å²) in [7, 11) is 3.89. The lowest BCUT2D eigenvalue weighted by molar-refractivity contribution is 0.240. The molecule has 2 heterocycles. The minimum atomic E-state index is -0.643. The fraction of sp³-hybridized carbons (Fsp3) is 0.520. The van der Waals surface area contributed by atoms with Gasteiger partial charge in [0.1, 0.15) is 11.6 Å². The maximum absolute atomic E-state index is 14.5. The van der Waals surface area contributed by atoms with E-state index in [0.717, 1.165) is 24.1 Å². The summed E-state index contributed by atoms with van der Waals surface area (Å²) >= 11 is 0. The van der Waals surface area contributed by atoms with Crippen LogP contribution in [-0.2, 0) is 18.4 Å². The van der Waals surface area contributed by atoms with Crippen LogP contribution in [0.2, 0.25) is 0 Å². The molecule has 1 aromatic carbocycles. The van der Waals surface area contributed by atoms with Crippen molar-refractivity contribution in [3.8, 4) is 11.3 Å². The molecule has 0 fully saturated rings. The Labute approximate surface area is 193 Å². The van der Waals surface area contributed by atoms with Crippen LogP contribution in [-0.4, -0.2) is 39.3 Å². The standard InChI is InChI=1S/C25H31F2N5O/c1-24(2,3)16-10-11-25(4,13-20-28-21(33-31-20)14-32(5)6)23-15(16)12-19(29-30-23)22-17(26)8-7-9-18(22)27/h7-9,12,16H,10-11,13-14H2,1-6H3/t16-,25+/m0/s1. The van der Waals surface area contributed by atoms with Crippen molar-refractivity contribution < 1.29 is 13.3 Å². The molecule has 33 heavy (non-hydrogen) atoms. The van der Waals surface area contributed by atoms with Crippen molar-refractivity contribution in [1.82, 2.24) is 25.2 Å². The molecule has 0 spiro atoms. The normalized spacial score (nSPS) is 20.8. The lowest BCUT2D eigenvalue weighted by Gasteiger charge is -2.42. The summed E-state index contributed by atoms with van der Waals surface area (Å²) in [6, 6.07) is 5.66. The van der Waals surface area contributed by atoms with E-state index in [0.29, 0.717) is 24.7 Å². The second-order valence-electron chi connectivity index (χ2n) is 10.7. The van der Waals surface area contributed by atoms with Gasteiger partial charge >= 0.3 is 0 Å². The highest BCUT2D eigenvalue weighted by Gasteiger charge is 2.43. The highest BCUT2D eigenvalue weighted by atomic mass is 19.1. The molecule has 2 aromatic heterocycles. The van der Waals surface area contributed by atoms with Gasteiger partial charge in [-0.3, -0.25) is 0 Å². The van der Waals surface area contributed by atoms with E-state index in [2.05, 4.69) is 48.0 Å². The summed E-state index contributed by atoms with van der Waals surface area (Å²) in [4.78, 5) is 6.52. The number of fused-ring (bicyclic) bond motifs is 1. The maximum atomic E-state index is 14.5. The Bertz CT molecular complexity index is 1130. The highest BCUT2D eigenvalue weighted by Crippen LogP contribution is 2.50. The highest BCUT2D eigenvalue weighted by molar-refractivity contribution is 5.62. The van der Waals surface area contributed by atoms with Crippen LogP contribution in [0.1, 0.15) is 69.4 Å². The van der Waals surface area contributed by atoms with Crippen LogP contribution in [0.5, 0.6) is 0 Å². The van der Waals surface area contributed by atoms with Gasteiger partial charge in [0.25, 0.3) is 0 Å². The predicted octanol–water partition coefficient (Wildman–Crippen LogP) is 5.29. The molecule has 0 aliphatic heterocycles. The van der Waals surface area contributed by atoms with Crippen molar-refractivity contribution in [2.45, 2.75) is 64.8 Å². The minimum Gasteiger partial charge on any atom is -0.338 e. The fourth-order valence-corrected chi connectivity index (χ4v) is 4.86. The van der Waals surface area contributed by atoms with Gasteiger partial charge in [0.05, 0.1) is 23.5 Å². The molecule has 0 unspecified atom stereocenters. The van der Waals surface area contributed by atoms with Crippen molar-refractivity contribution >= 4 is 0 Å². The molecule has 1 aliphatic rings. The zero-order chi connectivity index (χ0) is 24.0. The third kappa shape index (κ3) is 4.67. The minimum absolute atomic E-state index is 0.0464. The smallest absolute Gasteiger partial charge is 0.240 e. The summed E-state index contributed by atoms with van der Waals surface area (Å²) in [5, 5.41) is 13.0. The zero-order valence-electron chi connectivity index (χ0n) is 20.1. The van der Waals surface area contributed by atoms with Gasteiger partial charge in [0, 0.05) is 11.8 Å². The topological polar surface area (TPSA) is 67.9 Å². The Morgan fingerprint density at radius 1 is 1.15 bits per heavy atom. The van der Waals surface area contributed by atoms with Crippen molar-refractivity contribution in [3.05, 3.63) is 58.9 Å². The fourth-order valence-electron chi connectivity index (χ4n) is 4.86. The van der Waals surface area contributed by atoms with Crippen molar-refractivity contribution in [2.24, 2.45) is 5.41 Å². The quantitative estimate of drug-likeness (QED) is 0.521. The second kappa shape index (κ2) is 8.56. The lowest BCUT2D eigenvalue weighted by atomic mass is 9.62. The number of aromatic nitrogens is 4. The summed E-state index contributed by atoms with van der Waals surface area (Å²) in [6.07, 6.45) is 2.34. The van der Waals surface area contributed by atoms with E-state index in [1.165, 1.54) is 18.2 Å². The first-order valence-electron chi connectivity index (χ1n) is 11.3. The van der Waals surface area contributed by atoms with Crippen LogP contribution < -0.4 is 0 Å². The molecule has 8 heteroatoms. The number of rotatable bonds is 5. The Balaban J connectivity index is 1.77. The van der Waals surface area contributed by atoms with Crippen LogP contribution in [0.15, 0.2) is 28.8 Å². The van der Waals surface area contributed by atoms with Gasteiger partial charge in [0.15, 0.2) is 5.82 Å². The molecule has 0 saturated heterocycles. The monoisotopic (exact) mass is 455 g/mol. The van der Waals surface area contributed by atoms with Crippen molar-refractivity contribution in [2.75, 3.05) is 14.1 Å². The van der Waals surface area contributed by atoms with E-state index in [-0.39, 0.29) is 28.0 Å². The Hall–Kier alpha value is -2.74. The van der Waals surface area contributed by atoms with E-state index in [4.69, 9.17) is 4.52 Å². The Kier molecular flexibility index (Phi) is 6.07. The Morgan fingerprint density at radius 2 is 1.85 bits per heavy atom. The van der Waals surface area contributed by atoms with E-state index < -0.39 is 11.6 Å². The van der Waals surface area contributed by atoms with Crippen LogP contribution in [0.4, 0.5) is 8.78 Å². The first-order valence-corrected chi connectivity index (χ1v) is 11.3. The van der Waals surface area contributed by atoms with Crippen LogP contribution >= 0.6 is 0 Å². The number of hydrogen-bond acceptors (Lipinski definition) is 6. The molecule has 0 amide bonds. The molecule has 4 rings (SSSR count). The predicted molar refractivity (Wildman–Crippen MR) is 122 cm³/mol. The number of hydrogen-bond donors (Lipinski definition) is 0. The number of benzene rings is 1. The summed E-state index contributed by atoms with van der Waals surface area (Å²) < 4.78 is 34.4. The summed E-state index contributed by atoms with van der Waals surface area (Å²) in [6.45, 7) is 9.25. The first kappa shape index (κ1) is 23.4. The zero-order valence-corrected chi connectivity index (χ0v) is 20.1. The third-order valence-electron chi connectivity index (χ3n) is 6.53. The van der Waals surface area contributed by atoms with Gasteiger partial charge < -0.3 is 9.42 Å². The number of nitrogens with zero attached hydrogens (tertiary/aromatic N) is 5. The van der Waals surface area contributed by atoms with Crippen molar-refractivity contribution in [1.29, 1.82) is 0 Å². The van der Waals surface area contributed by atoms with Gasteiger partial charge in [-0.15, -0.1) is 0 Å². The molecular weight excluding hydrogens is 424 g/mol. The molecule has 3 aromatic rings. The van der Waals surface area contributed by atoms with E-state index in [1.807, 2.05) is 25.1 Å². The maximum Gasteiger partial charge on any atom is 0.240 e. The molecule has 0 saturated carbocycles. The molecule has 1 aliphatic carbocycles. The Morgan fingerprint density at radius 3 is 2.48 bits per heavy atom. The lowest BCUT2D eigenvalue weighted by Crippen LogP contribution is -2.37. The van der Waals surface area contributed by atoms with Gasteiger partial charge in [-0.1, -0.05) is 38.9 Å². The summed E-state index contributed by atoms with van der Waals surface area (Å²) in [5.41, 5.74) is 1.49. The average Bonchev–Trinajstić information content (AvgIpc) is 3.12. The van der Waals surface area contributed by atoms with Gasteiger partial charge in [-0.05, 0) is 62.0 Å². The SMILES string of the molecule is CN(C)Cc1nc(C[C@@]2(C)CC[C@H](C(C)(C)C)c3cc(-c4c(F)cccc4F)nnc32)no1. The van der Waals surface area contributed by atoms with Crippen LogP contribution in [0.25, 0.3) is 11.3 Å². The first-order chi connectivity index (χ1) is 15.5. The van der Waals surface area contributed by atoms with Gasteiger partial charge in [-0.25, -0.2) is 8.78 Å². The van der Waals surface area contributed by atoms with Crippen LogP contribution in [0, 0.1) is 17.0 Å². The van der Waals surface area contributed by atoms with E-state index in [1.54, 1.807) is 0 Å². The molecular formula is C25H31F2N5O. The van der Waals surface area contributed by atoms with Gasteiger partial charge in [0.2, 0.25) is 5.89 Å². The largest absolute Gasteiger partial charge is 0.338 e. The number of halogens is 2.